The molecule has 0 bridgehead atoms. The molecule has 0 fully saturated rings. The van der Waals surface area contributed by atoms with Crippen LogP contribution < -0.4 is 16.4 Å². The van der Waals surface area contributed by atoms with Crippen molar-refractivity contribution < 1.29 is 14.4 Å². The Morgan fingerprint density at radius 3 is 2.48 bits per heavy atom. The Labute approximate surface area is 159 Å². The van der Waals surface area contributed by atoms with Crippen molar-refractivity contribution in [2.24, 2.45) is 5.73 Å². The van der Waals surface area contributed by atoms with Crippen LogP contribution >= 0.6 is 22.6 Å². The molecule has 0 radical (unpaired) electrons. The van der Waals surface area contributed by atoms with Crippen LogP contribution in [0.2, 0.25) is 0 Å². The number of halogens is 1. The van der Waals surface area contributed by atoms with Gasteiger partial charge in [0.25, 0.3) is 5.91 Å². The fourth-order valence-corrected chi connectivity index (χ4v) is 2.91. The first-order valence-electron chi connectivity index (χ1n) is 7.57. The van der Waals surface area contributed by atoms with E-state index < -0.39 is 17.9 Å². The highest BCUT2D eigenvalue weighted by atomic mass is 127. The van der Waals surface area contributed by atoms with Crippen LogP contribution in [-0.4, -0.2) is 23.8 Å². The largest absolute Gasteiger partial charge is 0.368 e. The van der Waals surface area contributed by atoms with E-state index >= 15 is 0 Å². The zero-order valence-electron chi connectivity index (χ0n) is 13.6. The van der Waals surface area contributed by atoms with Gasteiger partial charge in [0.2, 0.25) is 11.8 Å². The summed E-state index contributed by atoms with van der Waals surface area (Å²) in [4.78, 5) is 35.3. The van der Waals surface area contributed by atoms with Crippen LogP contribution in [0.3, 0.4) is 0 Å². The first-order valence-corrected chi connectivity index (χ1v) is 8.65. The van der Waals surface area contributed by atoms with E-state index in [0.29, 0.717) is 17.7 Å². The number of carbonyl (C=O) groups is 3. The summed E-state index contributed by atoms with van der Waals surface area (Å²) in [5.74, 6) is -1.27. The summed E-state index contributed by atoms with van der Waals surface area (Å²) in [5, 5.41) is 5.26. The maximum atomic E-state index is 12.4. The van der Waals surface area contributed by atoms with Crippen molar-refractivity contribution in [1.82, 2.24) is 5.32 Å². The molecule has 0 aliphatic heterocycles. The highest BCUT2D eigenvalue weighted by Crippen LogP contribution is 2.13. The molecule has 4 N–H and O–H groups in total. The van der Waals surface area contributed by atoms with Crippen molar-refractivity contribution in [1.29, 1.82) is 0 Å². The quantitative estimate of drug-likeness (QED) is 0.587. The third-order valence-corrected chi connectivity index (χ3v) is 4.09. The number of primary amides is 1. The van der Waals surface area contributed by atoms with E-state index in [4.69, 9.17) is 5.73 Å². The SMILES string of the molecule is CC(=O)Nc1cccc(C(=O)N[C@@H](Cc2cccc(I)c2)C(N)=O)c1. The van der Waals surface area contributed by atoms with Crippen LogP contribution in [0.1, 0.15) is 22.8 Å². The Bertz CT molecular complexity index is 808. The van der Waals surface area contributed by atoms with Crippen LogP contribution in [0.25, 0.3) is 0 Å². The summed E-state index contributed by atoms with van der Waals surface area (Å²) < 4.78 is 1.03. The molecule has 25 heavy (non-hydrogen) atoms. The third-order valence-electron chi connectivity index (χ3n) is 3.42. The second kappa shape index (κ2) is 8.61. The summed E-state index contributed by atoms with van der Waals surface area (Å²) in [6.07, 6.45) is 0.309. The van der Waals surface area contributed by atoms with E-state index in [1.54, 1.807) is 24.3 Å². The number of benzene rings is 2. The smallest absolute Gasteiger partial charge is 0.252 e. The van der Waals surface area contributed by atoms with Gasteiger partial charge in [-0.3, -0.25) is 14.4 Å². The Morgan fingerprint density at radius 1 is 1.12 bits per heavy atom. The van der Waals surface area contributed by atoms with Crippen LogP contribution in [0.15, 0.2) is 48.5 Å². The summed E-state index contributed by atoms with van der Waals surface area (Å²) >= 11 is 2.18. The molecule has 130 valence electrons. The lowest BCUT2D eigenvalue weighted by molar-refractivity contribution is -0.119. The van der Waals surface area contributed by atoms with E-state index in [1.807, 2.05) is 24.3 Å². The highest BCUT2D eigenvalue weighted by molar-refractivity contribution is 14.1. The molecule has 0 heterocycles. The molecule has 1 atom stereocenters. The predicted molar refractivity (Wildman–Crippen MR) is 104 cm³/mol. The lowest BCUT2D eigenvalue weighted by Crippen LogP contribution is -2.45. The molecule has 2 aromatic rings. The van der Waals surface area contributed by atoms with E-state index in [9.17, 15) is 14.4 Å². The van der Waals surface area contributed by atoms with Gasteiger partial charge in [0, 0.05) is 28.2 Å². The third kappa shape index (κ3) is 5.86. The molecule has 0 spiro atoms. The minimum absolute atomic E-state index is 0.230. The van der Waals surface area contributed by atoms with Crippen LogP contribution in [0, 0.1) is 3.57 Å². The van der Waals surface area contributed by atoms with Gasteiger partial charge < -0.3 is 16.4 Å². The van der Waals surface area contributed by atoms with Crippen molar-refractivity contribution >= 4 is 46.0 Å². The van der Waals surface area contributed by atoms with Gasteiger partial charge in [0.1, 0.15) is 6.04 Å². The standard InChI is InChI=1S/C18H18IN3O3/c1-11(23)21-15-7-3-5-13(10-15)18(25)22-16(17(20)24)9-12-4-2-6-14(19)8-12/h2-8,10,16H,9H2,1H3,(H2,20,24)(H,21,23)(H,22,25)/t16-/m0/s1. The van der Waals surface area contributed by atoms with Crippen LogP contribution in [0.5, 0.6) is 0 Å². The summed E-state index contributed by atoms with van der Waals surface area (Å²) in [7, 11) is 0. The number of nitrogens with one attached hydrogen (secondary N) is 2. The lowest BCUT2D eigenvalue weighted by atomic mass is 10.0. The molecule has 0 aromatic heterocycles. The topological polar surface area (TPSA) is 101 Å². The van der Waals surface area contributed by atoms with Crippen molar-refractivity contribution in [2.75, 3.05) is 5.32 Å². The molecule has 2 rings (SSSR count). The maximum Gasteiger partial charge on any atom is 0.252 e. The van der Waals surface area contributed by atoms with E-state index in [2.05, 4.69) is 33.2 Å². The molecule has 0 saturated carbocycles. The van der Waals surface area contributed by atoms with Gasteiger partial charge in [-0.05, 0) is 58.5 Å². The number of amides is 3. The van der Waals surface area contributed by atoms with Crippen molar-refractivity contribution in [3.8, 4) is 0 Å². The van der Waals surface area contributed by atoms with E-state index in [0.717, 1.165) is 9.13 Å². The molecular formula is C18H18IN3O3. The average Bonchev–Trinajstić information content (AvgIpc) is 2.53. The Hall–Kier alpha value is -2.42. The molecule has 0 saturated heterocycles. The molecule has 0 unspecified atom stereocenters. The fraction of sp³-hybridized carbons (Fsp3) is 0.167. The Balaban J connectivity index is 2.12. The molecule has 6 nitrogen and oxygen atoms in total. The Kier molecular flexibility index (Phi) is 6.51. The Morgan fingerprint density at radius 2 is 1.84 bits per heavy atom. The maximum absolute atomic E-state index is 12.4. The molecular weight excluding hydrogens is 433 g/mol. The van der Waals surface area contributed by atoms with Crippen LogP contribution in [-0.2, 0) is 16.0 Å². The summed E-state index contributed by atoms with van der Waals surface area (Å²) in [6.45, 7) is 1.39. The molecule has 7 heteroatoms. The predicted octanol–water partition coefficient (Wildman–Crippen LogP) is 2.08. The average molecular weight is 451 g/mol. The number of anilines is 1. The molecule has 2 aromatic carbocycles. The summed E-state index contributed by atoms with van der Waals surface area (Å²) in [5.41, 5.74) is 7.18. The van der Waals surface area contributed by atoms with Crippen LogP contribution in [0.4, 0.5) is 5.69 Å². The highest BCUT2D eigenvalue weighted by Gasteiger charge is 2.19. The van der Waals surface area contributed by atoms with Gasteiger partial charge in [-0.25, -0.2) is 0 Å². The second-order valence-electron chi connectivity index (χ2n) is 5.52. The molecule has 0 aliphatic carbocycles. The zero-order valence-corrected chi connectivity index (χ0v) is 15.7. The zero-order chi connectivity index (χ0) is 18.4. The summed E-state index contributed by atoms with van der Waals surface area (Å²) in [6, 6.07) is 13.3. The minimum atomic E-state index is -0.824. The van der Waals surface area contributed by atoms with Gasteiger partial charge in [-0.15, -0.1) is 0 Å². The lowest BCUT2D eigenvalue weighted by Gasteiger charge is -2.16. The molecule has 0 aliphatic rings. The number of rotatable bonds is 6. The minimum Gasteiger partial charge on any atom is -0.368 e. The number of hydrogen-bond acceptors (Lipinski definition) is 3. The van der Waals surface area contributed by atoms with E-state index in [-0.39, 0.29) is 5.91 Å². The first-order chi connectivity index (χ1) is 11.8. The number of carbonyl (C=O) groups excluding carboxylic acids is 3. The monoisotopic (exact) mass is 451 g/mol. The van der Waals surface area contributed by atoms with Gasteiger partial charge in [0.15, 0.2) is 0 Å². The van der Waals surface area contributed by atoms with Gasteiger partial charge in [0.05, 0.1) is 0 Å². The van der Waals surface area contributed by atoms with Gasteiger partial charge in [-0.1, -0.05) is 18.2 Å². The fourth-order valence-electron chi connectivity index (χ4n) is 2.31. The van der Waals surface area contributed by atoms with Crippen molar-refractivity contribution in [3.05, 3.63) is 63.2 Å². The van der Waals surface area contributed by atoms with E-state index in [1.165, 1.54) is 6.92 Å². The first kappa shape index (κ1) is 18.9. The van der Waals surface area contributed by atoms with Gasteiger partial charge in [-0.2, -0.15) is 0 Å². The molecule has 3 amide bonds. The van der Waals surface area contributed by atoms with Crippen molar-refractivity contribution in [2.45, 2.75) is 19.4 Å². The number of hydrogen-bond donors (Lipinski definition) is 3. The van der Waals surface area contributed by atoms with Gasteiger partial charge >= 0.3 is 0 Å². The normalized spacial score (nSPS) is 11.4. The number of nitrogens with two attached hydrogens (primary N) is 1. The second-order valence-corrected chi connectivity index (χ2v) is 6.77. The van der Waals surface area contributed by atoms with Crippen molar-refractivity contribution in [3.63, 3.8) is 0 Å².